The summed E-state index contributed by atoms with van der Waals surface area (Å²) in [6.45, 7) is 2.29. The number of fused-ring (bicyclic) bond motifs is 2. The molecule has 2 aromatic heterocycles. The van der Waals surface area contributed by atoms with E-state index in [1.165, 1.54) is 16.8 Å². The SMILES string of the molecule is C[C@@H](C1CC1)N1Cc2cc(-c3ccn4nc(N)c(C(=O)N[C@H]5CC[C@](O)(C(F)(F)F)CC5)c4n3)cc(NS(C)(=O)=O)c2C1=O. The number of alkyl halides is 3. The Balaban J connectivity index is 1.32. The van der Waals surface area contributed by atoms with Gasteiger partial charge in [-0.2, -0.15) is 13.2 Å². The molecule has 2 saturated carbocycles. The maximum absolute atomic E-state index is 13.4. The number of anilines is 2. The van der Waals surface area contributed by atoms with Crippen molar-refractivity contribution in [1.29, 1.82) is 0 Å². The first-order valence-corrected chi connectivity index (χ1v) is 16.1. The van der Waals surface area contributed by atoms with Crippen LogP contribution in [0.25, 0.3) is 16.9 Å². The van der Waals surface area contributed by atoms with Crippen molar-refractivity contribution in [2.45, 2.75) is 75.9 Å². The molecule has 0 bridgehead atoms. The fraction of sp³-hybridized carbons (Fsp3) is 0.500. The summed E-state index contributed by atoms with van der Waals surface area (Å²) in [4.78, 5) is 33.0. The highest BCUT2D eigenvalue weighted by Crippen LogP contribution is 2.42. The van der Waals surface area contributed by atoms with E-state index in [2.05, 4.69) is 20.1 Å². The van der Waals surface area contributed by atoms with Crippen molar-refractivity contribution in [2.24, 2.45) is 5.92 Å². The lowest BCUT2D eigenvalue weighted by Gasteiger charge is -2.37. The lowest BCUT2D eigenvalue weighted by atomic mass is 9.81. The van der Waals surface area contributed by atoms with Crippen LogP contribution in [0, 0.1) is 5.92 Å². The van der Waals surface area contributed by atoms with Crippen LogP contribution in [0.4, 0.5) is 24.7 Å². The number of benzene rings is 1. The van der Waals surface area contributed by atoms with Crippen molar-refractivity contribution in [2.75, 3.05) is 16.7 Å². The zero-order valence-electron chi connectivity index (χ0n) is 24.0. The number of nitrogens with two attached hydrogens (primary N) is 1. The Hall–Kier alpha value is -3.92. The molecule has 16 heteroatoms. The molecule has 0 spiro atoms. The van der Waals surface area contributed by atoms with E-state index < -0.39 is 46.6 Å². The molecule has 3 heterocycles. The summed E-state index contributed by atoms with van der Waals surface area (Å²) < 4.78 is 67.9. The van der Waals surface area contributed by atoms with E-state index in [1.807, 2.05) is 6.92 Å². The number of carbonyl (C=O) groups excluding carboxylic acids is 2. The van der Waals surface area contributed by atoms with E-state index in [9.17, 15) is 36.3 Å². The number of hydrogen-bond donors (Lipinski definition) is 4. The Bertz CT molecular complexity index is 1780. The van der Waals surface area contributed by atoms with Crippen molar-refractivity contribution in [1.82, 2.24) is 24.8 Å². The van der Waals surface area contributed by atoms with Crippen molar-refractivity contribution < 1.29 is 36.3 Å². The summed E-state index contributed by atoms with van der Waals surface area (Å²) in [5.74, 6) is -0.657. The zero-order valence-corrected chi connectivity index (χ0v) is 24.8. The van der Waals surface area contributed by atoms with Gasteiger partial charge in [0.05, 0.1) is 23.2 Å². The van der Waals surface area contributed by atoms with Gasteiger partial charge in [-0.25, -0.2) is 17.9 Å². The topological polar surface area (TPSA) is 172 Å². The highest BCUT2D eigenvalue weighted by molar-refractivity contribution is 7.92. The van der Waals surface area contributed by atoms with Gasteiger partial charge in [0, 0.05) is 30.4 Å². The van der Waals surface area contributed by atoms with Gasteiger partial charge in [-0.1, -0.05) is 0 Å². The van der Waals surface area contributed by atoms with Crippen LogP contribution in [0.1, 0.15) is 71.7 Å². The fourth-order valence-corrected chi connectivity index (χ4v) is 6.73. The Morgan fingerprint density at radius 1 is 1.20 bits per heavy atom. The van der Waals surface area contributed by atoms with Crippen LogP contribution in [0.5, 0.6) is 0 Å². The first-order chi connectivity index (χ1) is 20.5. The number of rotatable bonds is 7. The molecule has 236 valence electrons. The van der Waals surface area contributed by atoms with E-state index in [-0.39, 0.29) is 53.1 Å². The summed E-state index contributed by atoms with van der Waals surface area (Å²) in [5.41, 5.74) is 5.16. The van der Waals surface area contributed by atoms with E-state index in [4.69, 9.17) is 5.73 Å². The summed E-state index contributed by atoms with van der Waals surface area (Å²) >= 11 is 0. The van der Waals surface area contributed by atoms with Crippen LogP contribution in [0.15, 0.2) is 24.4 Å². The normalized spacial score (nSPS) is 23.1. The van der Waals surface area contributed by atoms with E-state index >= 15 is 0 Å². The zero-order chi connectivity index (χ0) is 31.8. The summed E-state index contributed by atoms with van der Waals surface area (Å²) in [7, 11) is -3.74. The molecule has 1 aliphatic heterocycles. The molecule has 2 aliphatic carbocycles. The molecular formula is C28H32F3N7O5S. The largest absolute Gasteiger partial charge is 0.417 e. The third-order valence-electron chi connectivity index (χ3n) is 8.84. The third kappa shape index (κ3) is 5.44. The Morgan fingerprint density at radius 3 is 2.50 bits per heavy atom. The molecule has 44 heavy (non-hydrogen) atoms. The predicted molar refractivity (Wildman–Crippen MR) is 154 cm³/mol. The number of carbonyl (C=O) groups is 2. The molecule has 0 unspecified atom stereocenters. The minimum atomic E-state index is -4.76. The highest BCUT2D eigenvalue weighted by Gasteiger charge is 2.54. The standard InChI is InChI=1S/C28H32F3N7O5S/c1-14(15-3-4-15)37-13-17-11-16(12-20(21(17)26(37)40)36-44(2,42)43)19-7-10-38-24(34-19)22(23(32)35-38)25(39)33-18-5-8-27(41,9-6-18)28(29,30)31/h7,10-12,14-15,18,36,41H,3-6,8-9,13H2,1-2H3,(H2,32,35)(H,33,39)/t14-,18-,27+/m0/s1. The molecule has 5 N–H and O–H groups in total. The van der Waals surface area contributed by atoms with Gasteiger partial charge >= 0.3 is 6.18 Å². The van der Waals surface area contributed by atoms with Crippen molar-refractivity contribution in [3.8, 4) is 11.3 Å². The van der Waals surface area contributed by atoms with Crippen molar-refractivity contribution >= 4 is 39.0 Å². The number of amides is 2. The van der Waals surface area contributed by atoms with Crippen molar-refractivity contribution in [3.05, 3.63) is 41.1 Å². The van der Waals surface area contributed by atoms with Crippen LogP contribution < -0.4 is 15.8 Å². The van der Waals surface area contributed by atoms with Gasteiger partial charge in [0.1, 0.15) is 5.56 Å². The monoisotopic (exact) mass is 635 g/mol. The molecule has 3 aromatic rings. The molecule has 3 aliphatic rings. The van der Waals surface area contributed by atoms with Crippen molar-refractivity contribution in [3.63, 3.8) is 0 Å². The minimum absolute atomic E-state index is 0.00109. The Kier molecular flexibility index (Phi) is 7.07. The quantitative estimate of drug-likeness (QED) is 0.307. The molecule has 0 radical (unpaired) electrons. The molecular weight excluding hydrogens is 603 g/mol. The van der Waals surface area contributed by atoms with Gasteiger partial charge in [0.15, 0.2) is 17.1 Å². The molecule has 2 amide bonds. The Labute approximate surface area is 250 Å². The average molecular weight is 636 g/mol. The molecule has 12 nitrogen and oxygen atoms in total. The first-order valence-electron chi connectivity index (χ1n) is 14.3. The predicted octanol–water partition coefficient (Wildman–Crippen LogP) is 3.07. The number of hydrogen-bond acceptors (Lipinski definition) is 8. The van der Waals surface area contributed by atoms with Crippen LogP contribution >= 0.6 is 0 Å². The van der Waals surface area contributed by atoms with Gasteiger partial charge < -0.3 is 21.1 Å². The van der Waals surface area contributed by atoms with Crippen LogP contribution in [-0.2, 0) is 16.6 Å². The highest BCUT2D eigenvalue weighted by atomic mass is 32.2. The number of aliphatic hydroxyl groups is 1. The van der Waals surface area contributed by atoms with E-state index in [1.54, 1.807) is 17.0 Å². The molecule has 1 aromatic carbocycles. The smallest absolute Gasteiger partial charge is 0.381 e. The molecule has 0 saturated heterocycles. The van der Waals surface area contributed by atoms with Crippen LogP contribution in [0.2, 0.25) is 0 Å². The third-order valence-corrected chi connectivity index (χ3v) is 9.43. The summed E-state index contributed by atoms with van der Waals surface area (Å²) in [5, 5.41) is 16.8. The fourth-order valence-electron chi connectivity index (χ4n) is 6.17. The second kappa shape index (κ2) is 10.3. The van der Waals surface area contributed by atoms with Gasteiger partial charge in [-0.05, 0) is 75.1 Å². The van der Waals surface area contributed by atoms with Gasteiger partial charge in [-0.3, -0.25) is 14.3 Å². The average Bonchev–Trinajstić information content (AvgIpc) is 3.65. The number of nitrogens with one attached hydrogen (secondary N) is 2. The molecule has 2 fully saturated rings. The van der Waals surface area contributed by atoms with Gasteiger partial charge in [0.2, 0.25) is 10.0 Å². The van der Waals surface area contributed by atoms with E-state index in [0.29, 0.717) is 29.3 Å². The number of halogens is 3. The lowest BCUT2D eigenvalue weighted by molar-refractivity contribution is -0.270. The van der Waals surface area contributed by atoms with Gasteiger partial charge in [-0.15, -0.1) is 5.10 Å². The lowest BCUT2D eigenvalue weighted by Crippen LogP contribution is -2.51. The number of sulfonamides is 1. The molecule has 1 atom stereocenters. The van der Waals surface area contributed by atoms with Crippen LogP contribution in [0.3, 0.4) is 0 Å². The summed E-state index contributed by atoms with van der Waals surface area (Å²) in [6.07, 6.45) is -1.43. The number of nitrogens with zero attached hydrogens (tertiary/aromatic N) is 4. The maximum atomic E-state index is 13.4. The van der Waals surface area contributed by atoms with Crippen LogP contribution in [-0.4, -0.2) is 75.0 Å². The maximum Gasteiger partial charge on any atom is 0.417 e. The second-order valence-corrected chi connectivity index (χ2v) is 13.8. The minimum Gasteiger partial charge on any atom is -0.381 e. The molecule has 6 rings (SSSR count). The number of aromatic nitrogens is 3. The van der Waals surface area contributed by atoms with E-state index in [0.717, 1.165) is 19.1 Å². The Morgan fingerprint density at radius 2 is 1.89 bits per heavy atom. The first kappa shape index (κ1) is 30.1. The number of nitrogen functional groups attached to an aromatic ring is 1. The second-order valence-electron chi connectivity index (χ2n) is 12.1. The summed E-state index contributed by atoms with van der Waals surface area (Å²) in [6, 6.07) is 4.27. The van der Waals surface area contributed by atoms with Gasteiger partial charge in [0.25, 0.3) is 11.8 Å².